The minimum atomic E-state index is 0.170. The summed E-state index contributed by atoms with van der Waals surface area (Å²) in [6.45, 7) is 5.92. The van der Waals surface area contributed by atoms with Crippen LogP contribution < -0.4 is 10.6 Å². The maximum atomic E-state index is 12.2. The molecule has 0 aliphatic rings. The smallest absolute Gasteiger partial charge is 0.219 e. The van der Waals surface area contributed by atoms with E-state index >= 15 is 0 Å². The lowest BCUT2D eigenvalue weighted by molar-refractivity contribution is -0.121. The lowest BCUT2D eigenvalue weighted by Crippen LogP contribution is -2.29. The molecular weight excluding hydrogens is 673 g/mol. The molecule has 0 saturated carbocycles. The molecule has 4 nitrogen and oxygen atoms in total. The third kappa shape index (κ3) is 49.0. The van der Waals surface area contributed by atoms with E-state index in [-0.39, 0.29) is 11.8 Å². The molecule has 0 heterocycles. The summed E-state index contributed by atoms with van der Waals surface area (Å²) >= 11 is 0. The molecule has 0 fully saturated rings. The Balaban J connectivity index is 3.23. The summed E-state index contributed by atoms with van der Waals surface area (Å²) in [6, 6.07) is 0. The Morgan fingerprint density at radius 3 is 0.582 bits per heavy atom. The molecule has 2 N–H and O–H groups in total. The quantitative estimate of drug-likeness (QED) is 0.0605. The van der Waals surface area contributed by atoms with Crippen LogP contribution in [0.15, 0.2) is 0 Å². The average molecular weight is 775 g/mol. The van der Waals surface area contributed by atoms with Crippen LogP contribution in [0.25, 0.3) is 0 Å². The molecule has 4 heteroatoms. The molecule has 0 saturated heterocycles. The Labute approximate surface area is 346 Å². The van der Waals surface area contributed by atoms with E-state index < -0.39 is 0 Å². The van der Waals surface area contributed by atoms with Crippen LogP contribution in [0.1, 0.15) is 303 Å². The van der Waals surface area contributed by atoms with E-state index in [0.29, 0.717) is 25.9 Å². The van der Waals surface area contributed by atoms with Crippen molar-refractivity contribution in [1.29, 1.82) is 0 Å². The highest BCUT2D eigenvalue weighted by Gasteiger charge is 2.04. The van der Waals surface area contributed by atoms with Gasteiger partial charge in [-0.15, -0.1) is 0 Å². The van der Waals surface area contributed by atoms with Crippen LogP contribution in [0.5, 0.6) is 0 Å². The zero-order chi connectivity index (χ0) is 39.8. The van der Waals surface area contributed by atoms with Gasteiger partial charge in [-0.25, -0.2) is 0 Å². The summed E-state index contributed by atoms with van der Waals surface area (Å²) in [5, 5.41) is 6.07. The molecule has 0 bridgehead atoms. The van der Waals surface area contributed by atoms with Gasteiger partial charge >= 0.3 is 0 Å². The van der Waals surface area contributed by atoms with E-state index in [1.54, 1.807) is 0 Å². The highest BCUT2D eigenvalue weighted by atomic mass is 16.2. The lowest BCUT2D eigenvalue weighted by atomic mass is 10.0. The molecule has 0 rings (SSSR count). The van der Waals surface area contributed by atoms with Gasteiger partial charge in [0.1, 0.15) is 0 Å². The summed E-state index contributed by atoms with van der Waals surface area (Å²) in [7, 11) is 0. The second kappa shape index (κ2) is 49.1. The van der Waals surface area contributed by atoms with Gasteiger partial charge in [0.25, 0.3) is 0 Å². The fourth-order valence-corrected chi connectivity index (χ4v) is 8.16. The summed E-state index contributed by atoms with van der Waals surface area (Å²) < 4.78 is 0. The summed E-state index contributed by atoms with van der Waals surface area (Å²) in [4.78, 5) is 24.3. The molecule has 55 heavy (non-hydrogen) atoms. The van der Waals surface area contributed by atoms with E-state index in [2.05, 4.69) is 24.5 Å². The largest absolute Gasteiger partial charge is 0.356 e. The van der Waals surface area contributed by atoms with Crippen molar-refractivity contribution in [2.75, 3.05) is 13.1 Å². The van der Waals surface area contributed by atoms with E-state index in [1.165, 1.54) is 257 Å². The molecule has 0 atom stereocenters. The van der Waals surface area contributed by atoms with Crippen molar-refractivity contribution >= 4 is 11.8 Å². The standard InChI is InChI=1S/C51H102N2O2/c1-3-5-7-9-11-13-15-17-19-21-23-25-27-29-31-33-35-37-39-41-43-46-50(54)52-48-45-49-53-51(55)47-44-42-40-38-36-34-32-30-28-26-24-22-20-18-16-14-12-10-8-6-4-2/h3-49H2,1-2H3,(H,52,54)(H,53,55). The number of carbonyl (C=O) groups excluding carboxylic acids is 2. The summed E-state index contributed by atoms with van der Waals surface area (Å²) in [5.74, 6) is 0.340. The molecular formula is C51H102N2O2. The van der Waals surface area contributed by atoms with Gasteiger partial charge in [0.15, 0.2) is 0 Å². The molecule has 0 aliphatic carbocycles. The maximum absolute atomic E-state index is 12.2. The third-order valence-electron chi connectivity index (χ3n) is 12.0. The zero-order valence-corrected chi connectivity index (χ0v) is 38.1. The SMILES string of the molecule is CCCCCCCCCCCCCCCCCCCCCCCC(=O)NCCCNC(=O)CCCCCCCCCCCCCCCCCCCCCCC. The van der Waals surface area contributed by atoms with Gasteiger partial charge in [-0.1, -0.05) is 271 Å². The van der Waals surface area contributed by atoms with Gasteiger partial charge in [0.05, 0.1) is 0 Å². The third-order valence-corrected chi connectivity index (χ3v) is 12.0. The maximum Gasteiger partial charge on any atom is 0.219 e. The van der Waals surface area contributed by atoms with Gasteiger partial charge in [0.2, 0.25) is 11.8 Å². The second-order valence-electron chi connectivity index (χ2n) is 17.7. The van der Waals surface area contributed by atoms with Crippen LogP contribution in [-0.2, 0) is 9.59 Å². The number of carbonyl (C=O) groups is 2. The van der Waals surface area contributed by atoms with Crippen LogP contribution in [0.3, 0.4) is 0 Å². The van der Waals surface area contributed by atoms with E-state index in [1.807, 2.05) is 0 Å². The van der Waals surface area contributed by atoms with Crippen molar-refractivity contribution in [1.82, 2.24) is 10.6 Å². The normalized spacial score (nSPS) is 11.4. The van der Waals surface area contributed by atoms with Crippen molar-refractivity contribution < 1.29 is 9.59 Å². The summed E-state index contributed by atoms with van der Waals surface area (Å²) in [6.07, 6.45) is 60.2. The first kappa shape index (κ1) is 53.9. The topological polar surface area (TPSA) is 58.2 Å². The fraction of sp³-hybridized carbons (Fsp3) is 0.961. The Morgan fingerprint density at radius 1 is 0.236 bits per heavy atom. The van der Waals surface area contributed by atoms with Crippen LogP contribution in [0.4, 0.5) is 0 Å². The number of hydrogen-bond acceptors (Lipinski definition) is 2. The Kier molecular flexibility index (Phi) is 48.1. The first-order valence-corrected chi connectivity index (χ1v) is 25.7. The predicted octanol–water partition coefficient (Wildman–Crippen LogP) is 16.8. The minimum Gasteiger partial charge on any atom is -0.356 e. The lowest BCUT2D eigenvalue weighted by Gasteiger charge is -2.07. The van der Waals surface area contributed by atoms with Crippen molar-refractivity contribution in [3.05, 3.63) is 0 Å². The van der Waals surface area contributed by atoms with E-state index in [0.717, 1.165) is 19.3 Å². The Bertz CT molecular complexity index is 680. The van der Waals surface area contributed by atoms with Gasteiger partial charge in [-0.3, -0.25) is 9.59 Å². The van der Waals surface area contributed by atoms with Crippen molar-refractivity contribution in [2.45, 2.75) is 303 Å². The molecule has 0 radical (unpaired) electrons. The van der Waals surface area contributed by atoms with Crippen molar-refractivity contribution in [3.8, 4) is 0 Å². The zero-order valence-electron chi connectivity index (χ0n) is 38.1. The Morgan fingerprint density at radius 2 is 0.400 bits per heavy atom. The predicted molar refractivity (Wildman–Crippen MR) is 245 cm³/mol. The van der Waals surface area contributed by atoms with E-state index in [4.69, 9.17) is 0 Å². The van der Waals surface area contributed by atoms with Crippen LogP contribution in [0, 0.1) is 0 Å². The van der Waals surface area contributed by atoms with Gasteiger partial charge < -0.3 is 10.6 Å². The highest BCUT2D eigenvalue weighted by Crippen LogP contribution is 2.17. The molecule has 328 valence electrons. The second-order valence-corrected chi connectivity index (χ2v) is 17.7. The number of hydrogen-bond donors (Lipinski definition) is 2. The molecule has 0 aromatic rings. The molecule has 0 aromatic carbocycles. The van der Waals surface area contributed by atoms with Crippen LogP contribution >= 0.6 is 0 Å². The fourth-order valence-electron chi connectivity index (χ4n) is 8.16. The van der Waals surface area contributed by atoms with Crippen molar-refractivity contribution in [3.63, 3.8) is 0 Å². The van der Waals surface area contributed by atoms with Crippen LogP contribution in [0.2, 0.25) is 0 Å². The van der Waals surface area contributed by atoms with Crippen molar-refractivity contribution in [2.24, 2.45) is 0 Å². The first-order chi connectivity index (χ1) is 27.2. The summed E-state index contributed by atoms with van der Waals surface area (Å²) in [5.41, 5.74) is 0. The molecule has 0 aromatic heterocycles. The van der Waals surface area contributed by atoms with E-state index in [9.17, 15) is 9.59 Å². The average Bonchev–Trinajstić information content (AvgIpc) is 3.19. The van der Waals surface area contributed by atoms with Gasteiger partial charge in [-0.2, -0.15) is 0 Å². The number of rotatable bonds is 48. The molecule has 0 spiro atoms. The van der Waals surface area contributed by atoms with Gasteiger partial charge in [-0.05, 0) is 19.3 Å². The number of unbranched alkanes of at least 4 members (excludes halogenated alkanes) is 40. The molecule has 2 amide bonds. The number of amides is 2. The van der Waals surface area contributed by atoms with Gasteiger partial charge in [0, 0.05) is 25.9 Å². The minimum absolute atomic E-state index is 0.170. The molecule has 0 unspecified atom stereocenters. The monoisotopic (exact) mass is 775 g/mol. The Hall–Kier alpha value is -1.06. The highest BCUT2D eigenvalue weighted by molar-refractivity contribution is 5.76. The van der Waals surface area contributed by atoms with Crippen LogP contribution in [-0.4, -0.2) is 24.9 Å². The number of nitrogens with one attached hydrogen (secondary N) is 2. The first-order valence-electron chi connectivity index (χ1n) is 25.7. The molecule has 0 aliphatic heterocycles.